The smallest absolute Gasteiger partial charge is 0.338 e. The normalized spacial score (nSPS) is 13.0. The average molecular weight is 1000 g/mol. The second-order valence-electron chi connectivity index (χ2n) is 14.9. The molecule has 1 aromatic heterocycles. The SMILES string of the molecule is Fc1c(F)c(F)c([B-](c2c(F)c(F)c(F)c(F)c2F)(c2c(F)c(F)c(F)c(F)c2F)c2c(F)c(F)c(F)c(F)c2F)c(F)c1F.O=C(C[n+]1ccncc1)c1ccc(C(=O)OC2CCCCC2)cc1. The van der Waals surface area contributed by atoms with Gasteiger partial charge in [-0.25, -0.2) is 92.6 Å². The predicted molar refractivity (Wildman–Crippen MR) is 197 cm³/mol. The van der Waals surface area contributed by atoms with Crippen LogP contribution in [0.1, 0.15) is 52.8 Å². The Morgan fingerprint density at radius 3 is 1.01 bits per heavy atom. The number of hydrogen-bond donors (Lipinski definition) is 0. The fourth-order valence-electron chi connectivity index (χ4n) is 7.78. The van der Waals surface area contributed by atoms with Crippen molar-refractivity contribution >= 4 is 39.7 Å². The van der Waals surface area contributed by atoms with Gasteiger partial charge in [0.05, 0.1) is 18.0 Å². The molecule has 26 heteroatoms. The molecule has 0 spiro atoms. The fourth-order valence-corrected chi connectivity index (χ4v) is 7.78. The van der Waals surface area contributed by atoms with Crippen LogP contribution in [0.3, 0.4) is 0 Å². The highest BCUT2D eigenvalue weighted by molar-refractivity contribution is 7.20. The predicted octanol–water partition coefficient (Wildman–Crippen LogP) is 8.59. The zero-order valence-electron chi connectivity index (χ0n) is 33.7. The summed E-state index contributed by atoms with van der Waals surface area (Å²) in [7, 11) is 0. The van der Waals surface area contributed by atoms with Gasteiger partial charge < -0.3 is 4.74 Å². The van der Waals surface area contributed by atoms with E-state index in [1.807, 2.05) is 0 Å². The van der Waals surface area contributed by atoms with Gasteiger partial charge >= 0.3 is 5.97 Å². The van der Waals surface area contributed by atoms with Crippen molar-refractivity contribution in [1.29, 1.82) is 0 Å². The van der Waals surface area contributed by atoms with Gasteiger partial charge in [-0.15, -0.1) is 21.9 Å². The first kappa shape index (κ1) is 51.4. The van der Waals surface area contributed by atoms with E-state index in [-0.39, 0.29) is 24.4 Å². The van der Waals surface area contributed by atoms with Gasteiger partial charge in [-0.2, -0.15) is 4.57 Å². The van der Waals surface area contributed by atoms with Crippen molar-refractivity contribution in [2.24, 2.45) is 0 Å². The molecule has 0 N–H and O–H groups in total. The van der Waals surface area contributed by atoms with E-state index in [0.717, 1.165) is 25.7 Å². The molecule has 0 bridgehead atoms. The summed E-state index contributed by atoms with van der Waals surface area (Å²) in [5.74, 6) is -71.7. The van der Waals surface area contributed by atoms with Crippen LogP contribution in [0.2, 0.25) is 0 Å². The summed E-state index contributed by atoms with van der Waals surface area (Å²) < 4.78 is 301. The summed E-state index contributed by atoms with van der Waals surface area (Å²) in [6, 6.07) is 6.69. The zero-order chi connectivity index (χ0) is 51.1. The van der Waals surface area contributed by atoms with E-state index in [1.165, 1.54) is 6.42 Å². The molecule has 69 heavy (non-hydrogen) atoms. The van der Waals surface area contributed by atoms with Crippen molar-refractivity contribution in [2.45, 2.75) is 44.8 Å². The molecule has 1 saturated carbocycles. The van der Waals surface area contributed by atoms with Crippen molar-refractivity contribution in [1.82, 2.24) is 4.98 Å². The molecule has 364 valence electrons. The van der Waals surface area contributed by atoms with E-state index in [4.69, 9.17) is 4.74 Å². The molecule has 6 aromatic rings. The monoisotopic (exact) mass is 1000 g/mol. The molecule has 1 heterocycles. The van der Waals surface area contributed by atoms with E-state index in [2.05, 4.69) is 4.98 Å². The van der Waals surface area contributed by atoms with Crippen LogP contribution in [-0.4, -0.2) is 29.0 Å². The van der Waals surface area contributed by atoms with E-state index in [9.17, 15) is 62.3 Å². The summed E-state index contributed by atoms with van der Waals surface area (Å²) in [6.07, 6.45) is 4.95. The topological polar surface area (TPSA) is 60.1 Å². The van der Waals surface area contributed by atoms with E-state index >= 15 is 35.1 Å². The third kappa shape index (κ3) is 8.83. The number of hydrogen-bond acceptors (Lipinski definition) is 4. The van der Waals surface area contributed by atoms with Crippen LogP contribution in [0.5, 0.6) is 0 Å². The van der Waals surface area contributed by atoms with Gasteiger partial charge in [-0.3, -0.25) is 9.78 Å². The van der Waals surface area contributed by atoms with Gasteiger partial charge in [0.1, 0.15) is 58.8 Å². The third-order valence-corrected chi connectivity index (χ3v) is 11.0. The van der Waals surface area contributed by atoms with Crippen LogP contribution in [-0.2, 0) is 11.3 Å². The second-order valence-corrected chi connectivity index (χ2v) is 14.9. The summed E-state index contributed by atoms with van der Waals surface area (Å²) in [6.45, 7) is 0.244. The van der Waals surface area contributed by atoms with Crippen LogP contribution < -0.4 is 26.4 Å². The number of halogens is 20. The first-order valence-corrected chi connectivity index (χ1v) is 19.3. The Balaban J connectivity index is 0.000000273. The molecule has 5 nitrogen and oxygen atoms in total. The Morgan fingerprint density at radius 1 is 0.435 bits per heavy atom. The Hall–Kier alpha value is -7.02. The van der Waals surface area contributed by atoms with Crippen LogP contribution in [0.25, 0.3) is 0 Å². The van der Waals surface area contributed by atoms with E-state index < -0.39 is 144 Å². The maximum atomic E-state index is 15.4. The largest absolute Gasteiger partial charge is 0.459 e. The molecular weight excluding hydrogens is 983 g/mol. The number of esters is 1. The van der Waals surface area contributed by atoms with Gasteiger partial charge in [0, 0.05) is 5.56 Å². The summed E-state index contributed by atoms with van der Waals surface area (Å²) in [4.78, 5) is 28.3. The number of carbonyl (C=O) groups excluding carboxylic acids is 2. The van der Waals surface area contributed by atoms with Gasteiger partial charge in [-0.1, -0.05) is 18.6 Å². The summed E-state index contributed by atoms with van der Waals surface area (Å²) in [5, 5.41) is 0. The lowest BCUT2D eigenvalue weighted by Crippen LogP contribution is -2.81. The number of rotatable bonds is 9. The van der Waals surface area contributed by atoms with E-state index in [1.54, 1.807) is 53.6 Å². The zero-order valence-corrected chi connectivity index (χ0v) is 33.7. The van der Waals surface area contributed by atoms with Gasteiger partial charge in [0.25, 0.3) is 0 Å². The molecule has 0 saturated heterocycles. The highest BCUT2D eigenvalue weighted by atomic mass is 19.2. The summed E-state index contributed by atoms with van der Waals surface area (Å²) >= 11 is 0. The maximum Gasteiger partial charge on any atom is 0.338 e. The standard InChI is InChI=1S/C24BF20.C19H21N2O3/c26-5-1(6(27)14(35)21(42)13(5)34)25(2-7(28)15(36)22(43)16(37)8(2)29,3-9(30)17(38)23(44)18(39)10(3)31)4-11(32)19(40)24(45)20(41)12(4)33;22-18(14-21-12-10-20-11-13-21)15-6-8-16(9-7-15)19(23)24-17-4-2-1-3-5-17/h;6-13,17H,1-5,14H2/q-1;+1. The number of Topliss-reactive ketones (excluding diaryl/α,β-unsaturated/α-hetero) is 1. The number of ether oxygens (including phenoxy) is 1. The van der Waals surface area contributed by atoms with Crippen molar-refractivity contribution in [2.75, 3.05) is 0 Å². The number of benzene rings is 5. The highest BCUT2D eigenvalue weighted by Gasteiger charge is 2.52. The molecule has 1 fully saturated rings. The maximum absolute atomic E-state index is 15.4. The molecule has 0 radical (unpaired) electrons. The molecule has 0 amide bonds. The Bertz CT molecular complexity index is 2650. The molecule has 1 aliphatic carbocycles. The van der Waals surface area contributed by atoms with Crippen molar-refractivity contribution in [3.8, 4) is 0 Å². The van der Waals surface area contributed by atoms with Crippen LogP contribution in [0.4, 0.5) is 87.8 Å². The van der Waals surface area contributed by atoms with Crippen molar-refractivity contribution < 1.29 is 107 Å². The van der Waals surface area contributed by atoms with Gasteiger partial charge in [-0.05, 0) is 37.8 Å². The molecule has 0 atom stereocenters. The quantitative estimate of drug-likeness (QED) is 0.0277. The third-order valence-electron chi connectivity index (χ3n) is 11.0. The van der Waals surface area contributed by atoms with E-state index in [0.29, 0.717) is 11.1 Å². The van der Waals surface area contributed by atoms with Crippen LogP contribution in [0.15, 0.2) is 49.1 Å². The lowest BCUT2D eigenvalue weighted by Gasteiger charge is -2.44. The van der Waals surface area contributed by atoms with Gasteiger partial charge in [0.15, 0.2) is 82.2 Å². The number of ketones is 1. The van der Waals surface area contributed by atoms with Crippen molar-refractivity contribution in [3.05, 3.63) is 177 Å². The average Bonchev–Trinajstić information content (AvgIpc) is 3.34. The first-order valence-electron chi connectivity index (χ1n) is 19.3. The Morgan fingerprint density at radius 2 is 0.710 bits per heavy atom. The number of nitrogens with zero attached hydrogens (tertiary/aromatic N) is 2. The molecule has 0 aliphatic heterocycles. The van der Waals surface area contributed by atoms with Crippen LogP contribution >= 0.6 is 0 Å². The highest BCUT2D eigenvalue weighted by Crippen LogP contribution is 2.31. The Kier molecular flexibility index (Phi) is 14.8. The lowest BCUT2D eigenvalue weighted by molar-refractivity contribution is -0.683. The molecule has 7 rings (SSSR count). The van der Waals surface area contributed by atoms with Gasteiger partial charge in [0.2, 0.25) is 12.3 Å². The minimum atomic E-state index is -7.22. The van der Waals surface area contributed by atoms with Crippen molar-refractivity contribution in [3.63, 3.8) is 0 Å². The molecule has 0 unspecified atom stereocenters. The Labute approximate surface area is 372 Å². The molecular formula is C43H21BF20N2O3. The molecule has 1 aliphatic rings. The van der Waals surface area contributed by atoms with Crippen LogP contribution in [0, 0.1) is 116 Å². The minimum absolute atomic E-state index is 0.0154. The first-order chi connectivity index (χ1) is 32.4. The second kappa shape index (κ2) is 19.9. The fraction of sp³-hybridized carbons (Fsp3) is 0.163. The number of carbonyl (C=O) groups is 2. The summed E-state index contributed by atoms with van der Waals surface area (Å²) in [5.41, 5.74) is -13.3. The number of aromatic nitrogens is 2. The minimum Gasteiger partial charge on any atom is -0.459 e. The molecule has 5 aromatic carbocycles. The lowest BCUT2D eigenvalue weighted by atomic mass is 9.12.